The maximum absolute atomic E-state index is 9.75. The summed E-state index contributed by atoms with van der Waals surface area (Å²) in [5, 5.41) is 9.75. The van der Waals surface area contributed by atoms with Gasteiger partial charge in [0.1, 0.15) is 0 Å². The smallest absolute Gasteiger partial charge is 0.0995 e. The summed E-state index contributed by atoms with van der Waals surface area (Å²) in [7, 11) is 0. The molecule has 0 saturated heterocycles. The standard InChI is InChI=1S/C12H16O/c1-8(2)12(13)11-6-9(3)5-10(4)7-11/h5-7,12-13H,1H2,2-4H3/t12-/m1/s1. The summed E-state index contributed by atoms with van der Waals surface area (Å²) < 4.78 is 0. The lowest BCUT2D eigenvalue weighted by molar-refractivity contribution is 0.216. The Bertz CT molecular complexity index is 306. The van der Waals surface area contributed by atoms with Crippen molar-refractivity contribution >= 4 is 0 Å². The first-order chi connectivity index (χ1) is 6.00. The first-order valence-electron chi connectivity index (χ1n) is 4.42. The molecule has 0 aromatic heterocycles. The fourth-order valence-corrected chi connectivity index (χ4v) is 1.45. The van der Waals surface area contributed by atoms with Crippen molar-refractivity contribution in [1.29, 1.82) is 0 Å². The molecule has 0 radical (unpaired) electrons. The third kappa shape index (κ3) is 2.43. The molecule has 1 N–H and O–H groups in total. The van der Waals surface area contributed by atoms with E-state index in [-0.39, 0.29) is 0 Å². The van der Waals surface area contributed by atoms with Crippen LogP contribution in [0.5, 0.6) is 0 Å². The van der Waals surface area contributed by atoms with Crippen molar-refractivity contribution in [2.24, 2.45) is 0 Å². The highest BCUT2D eigenvalue weighted by molar-refractivity contribution is 5.32. The molecule has 1 aromatic carbocycles. The second-order valence-corrected chi connectivity index (χ2v) is 3.67. The summed E-state index contributed by atoms with van der Waals surface area (Å²) in [6.45, 7) is 9.64. The Morgan fingerprint density at radius 1 is 1.23 bits per heavy atom. The first-order valence-corrected chi connectivity index (χ1v) is 4.42. The van der Waals surface area contributed by atoms with E-state index in [0.717, 1.165) is 11.1 Å². The molecule has 1 nitrogen and oxygen atoms in total. The van der Waals surface area contributed by atoms with Crippen molar-refractivity contribution in [3.63, 3.8) is 0 Å². The Morgan fingerprint density at radius 3 is 2.08 bits per heavy atom. The van der Waals surface area contributed by atoms with E-state index in [2.05, 4.69) is 12.6 Å². The number of hydrogen-bond donors (Lipinski definition) is 1. The Kier molecular flexibility index (Phi) is 2.89. The second kappa shape index (κ2) is 3.75. The van der Waals surface area contributed by atoms with E-state index < -0.39 is 6.10 Å². The summed E-state index contributed by atoms with van der Waals surface area (Å²) in [6.07, 6.45) is -0.529. The van der Waals surface area contributed by atoms with E-state index in [9.17, 15) is 5.11 Å². The molecular weight excluding hydrogens is 160 g/mol. The van der Waals surface area contributed by atoms with E-state index >= 15 is 0 Å². The first kappa shape index (κ1) is 10.0. The average molecular weight is 176 g/mol. The van der Waals surface area contributed by atoms with Gasteiger partial charge in [-0.1, -0.05) is 35.9 Å². The van der Waals surface area contributed by atoms with Crippen LogP contribution in [0.1, 0.15) is 29.7 Å². The van der Waals surface area contributed by atoms with E-state index in [0.29, 0.717) is 0 Å². The SMILES string of the molecule is C=C(C)[C@@H](O)c1cc(C)cc(C)c1. The molecule has 1 heteroatoms. The van der Waals surface area contributed by atoms with Gasteiger partial charge in [0.15, 0.2) is 0 Å². The summed E-state index contributed by atoms with van der Waals surface area (Å²) in [4.78, 5) is 0. The summed E-state index contributed by atoms with van der Waals surface area (Å²) in [5.74, 6) is 0. The van der Waals surface area contributed by atoms with Crippen molar-refractivity contribution in [3.8, 4) is 0 Å². The lowest BCUT2D eigenvalue weighted by Crippen LogP contribution is -1.98. The van der Waals surface area contributed by atoms with E-state index in [4.69, 9.17) is 0 Å². The van der Waals surface area contributed by atoms with Gasteiger partial charge in [-0.25, -0.2) is 0 Å². The van der Waals surface area contributed by atoms with E-state index in [1.165, 1.54) is 11.1 Å². The highest BCUT2D eigenvalue weighted by atomic mass is 16.3. The minimum Gasteiger partial charge on any atom is -0.384 e. The minimum absolute atomic E-state index is 0.529. The maximum Gasteiger partial charge on any atom is 0.0995 e. The zero-order chi connectivity index (χ0) is 10.0. The van der Waals surface area contributed by atoms with Gasteiger partial charge in [-0.3, -0.25) is 0 Å². The third-order valence-electron chi connectivity index (χ3n) is 2.03. The van der Waals surface area contributed by atoms with E-state index in [1.807, 2.05) is 32.9 Å². The number of benzene rings is 1. The van der Waals surface area contributed by atoms with Gasteiger partial charge in [0.05, 0.1) is 6.10 Å². The molecule has 0 unspecified atom stereocenters. The third-order valence-corrected chi connectivity index (χ3v) is 2.03. The van der Waals surface area contributed by atoms with Gasteiger partial charge in [0, 0.05) is 0 Å². The fourth-order valence-electron chi connectivity index (χ4n) is 1.45. The molecule has 0 bridgehead atoms. The average Bonchev–Trinajstić information content (AvgIpc) is 2.01. The van der Waals surface area contributed by atoms with Crippen LogP contribution >= 0.6 is 0 Å². The predicted octanol–water partition coefficient (Wildman–Crippen LogP) is 2.91. The van der Waals surface area contributed by atoms with Crippen LogP contribution in [0.4, 0.5) is 0 Å². The molecule has 13 heavy (non-hydrogen) atoms. The molecule has 0 aliphatic carbocycles. The van der Waals surface area contributed by atoms with Crippen LogP contribution in [0.2, 0.25) is 0 Å². The topological polar surface area (TPSA) is 20.2 Å². The quantitative estimate of drug-likeness (QED) is 0.687. The zero-order valence-corrected chi connectivity index (χ0v) is 8.46. The van der Waals surface area contributed by atoms with Gasteiger partial charge in [-0.15, -0.1) is 0 Å². The van der Waals surface area contributed by atoms with Crippen LogP contribution in [-0.4, -0.2) is 5.11 Å². The molecule has 0 aliphatic rings. The van der Waals surface area contributed by atoms with Crippen LogP contribution in [0.25, 0.3) is 0 Å². The van der Waals surface area contributed by atoms with Crippen molar-refractivity contribution in [1.82, 2.24) is 0 Å². The highest BCUT2D eigenvalue weighted by Crippen LogP contribution is 2.21. The van der Waals surface area contributed by atoms with E-state index in [1.54, 1.807) is 0 Å². The van der Waals surface area contributed by atoms with Gasteiger partial charge < -0.3 is 5.11 Å². The highest BCUT2D eigenvalue weighted by Gasteiger charge is 2.08. The van der Waals surface area contributed by atoms with Crippen molar-refractivity contribution in [3.05, 3.63) is 47.0 Å². The Morgan fingerprint density at radius 2 is 1.69 bits per heavy atom. The van der Waals surface area contributed by atoms with Crippen LogP contribution in [0.3, 0.4) is 0 Å². The van der Waals surface area contributed by atoms with Gasteiger partial charge >= 0.3 is 0 Å². The lowest BCUT2D eigenvalue weighted by atomic mass is 10.00. The number of rotatable bonds is 2. The van der Waals surface area contributed by atoms with Crippen molar-refractivity contribution in [2.45, 2.75) is 26.9 Å². The monoisotopic (exact) mass is 176 g/mol. The summed E-state index contributed by atoms with van der Waals surface area (Å²) in [6, 6.07) is 6.08. The predicted molar refractivity (Wildman–Crippen MR) is 55.7 cm³/mol. The van der Waals surface area contributed by atoms with Crippen LogP contribution in [-0.2, 0) is 0 Å². The molecule has 70 valence electrons. The van der Waals surface area contributed by atoms with Crippen molar-refractivity contribution < 1.29 is 5.11 Å². The van der Waals surface area contributed by atoms with Crippen LogP contribution in [0, 0.1) is 13.8 Å². The van der Waals surface area contributed by atoms with Gasteiger partial charge in [-0.05, 0) is 31.9 Å². The Balaban J connectivity index is 3.07. The largest absolute Gasteiger partial charge is 0.384 e. The van der Waals surface area contributed by atoms with Crippen LogP contribution in [0.15, 0.2) is 30.4 Å². The molecule has 0 heterocycles. The van der Waals surface area contributed by atoms with Gasteiger partial charge in [-0.2, -0.15) is 0 Å². The lowest BCUT2D eigenvalue weighted by Gasteiger charge is -2.12. The number of aliphatic hydroxyl groups excluding tert-OH is 1. The Hall–Kier alpha value is -1.08. The molecule has 0 amide bonds. The molecule has 0 saturated carbocycles. The normalized spacial score (nSPS) is 12.6. The maximum atomic E-state index is 9.75. The minimum atomic E-state index is -0.529. The molecule has 0 spiro atoms. The number of hydrogen-bond acceptors (Lipinski definition) is 1. The molecule has 1 aromatic rings. The molecule has 0 fully saturated rings. The summed E-state index contributed by atoms with van der Waals surface area (Å²) >= 11 is 0. The Labute approximate surface area is 79.7 Å². The van der Waals surface area contributed by atoms with Gasteiger partial charge in [0.2, 0.25) is 0 Å². The number of aryl methyl sites for hydroxylation is 2. The second-order valence-electron chi connectivity index (χ2n) is 3.67. The molecular formula is C12H16O. The van der Waals surface area contributed by atoms with Gasteiger partial charge in [0.25, 0.3) is 0 Å². The fraction of sp³-hybridized carbons (Fsp3) is 0.333. The number of aliphatic hydroxyl groups is 1. The van der Waals surface area contributed by atoms with Crippen molar-refractivity contribution in [2.75, 3.05) is 0 Å². The molecule has 0 aliphatic heterocycles. The summed E-state index contributed by atoms with van der Waals surface area (Å²) in [5.41, 5.74) is 4.07. The molecule has 1 atom stereocenters. The van der Waals surface area contributed by atoms with Crippen LogP contribution < -0.4 is 0 Å². The zero-order valence-electron chi connectivity index (χ0n) is 8.46. The molecule has 1 rings (SSSR count).